The second-order valence-electron chi connectivity index (χ2n) is 7.22. The van der Waals surface area contributed by atoms with E-state index in [1.54, 1.807) is 25.1 Å². The van der Waals surface area contributed by atoms with Crippen LogP contribution in [0.3, 0.4) is 0 Å². The molecule has 1 saturated heterocycles. The van der Waals surface area contributed by atoms with Gasteiger partial charge in [0.15, 0.2) is 23.4 Å². The number of carbonyl (C=O) groups is 4. The Kier molecular flexibility index (Phi) is 4.65. The molecule has 0 radical (unpaired) electrons. The molecule has 9 nitrogen and oxygen atoms in total. The molecule has 0 unspecified atom stereocenters. The van der Waals surface area contributed by atoms with Gasteiger partial charge in [-0.2, -0.15) is 0 Å². The minimum absolute atomic E-state index is 0.0213. The number of hydrogen-bond acceptors (Lipinski definition) is 7. The lowest BCUT2D eigenvalue weighted by atomic mass is 9.90. The summed E-state index contributed by atoms with van der Waals surface area (Å²) in [6.45, 7) is 1.70. The summed E-state index contributed by atoms with van der Waals surface area (Å²) in [7, 11) is 0. The molecule has 2 aromatic rings. The zero-order chi connectivity index (χ0) is 20.7. The van der Waals surface area contributed by atoms with Gasteiger partial charge < -0.3 is 15.0 Å². The summed E-state index contributed by atoms with van der Waals surface area (Å²) in [5.74, 6) is -1.64. The molecule has 0 saturated carbocycles. The van der Waals surface area contributed by atoms with E-state index in [2.05, 4.69) is 5.16 Å². The average Bonchev–Trinajstić information content (AvgIpc) is 3.25. The number of anilines is 1. The molecule has 2 heterocycles. The first-order chi connectivity index (χ1) is 13.8. The first kappa shape index (κ1) is 18.9. The third-order valence-corrected chi connectivity index (χ3v) is 5.25. The molecular weight excluding hydrogens is 378 g/mol. The zero-order valence-electron chi connectivity index (χ0n) is 15.7. The lowest BCUT2D eigenvalue weighted by molar-refractivity contribution is -0.124. The lowest BCUT2D eigenvalue weighted by Gasteiger charge is -2.16. The summed E-state index contributed by atoms with van der Waals surface area (Å²) >= 11 is 0. The number of aromatic nitrogens is 1. The van der Waals surface area contributed by atoms with Gasteiger partial charge in [-0.15, -0.1) is 0 Å². The molecule has 2 atom stereocenters. The van der Waals surface area contributed by atoms with Crippen molar-refractivity contribution >= 4 is 29.3 Å². The van der Waals surface area contributed by atoms with Gasteiger partial charge in [0.25, 0.3) is 5.91 Å². The summed E-state index contributed by atoms with van der Waals surface area (Å²) in [6.07, 6.45) is -0.0510. The van der Waals surface area contributed by atoms with Gasteiger partial charge in [-0.3, -0.25) is 19.3 Å². The van der Waals surface area contributed by atoms with E-state index in [1.807, 2.05) is 0 Å². The fourth-order valence-electron chi connectivity index (χ4n) is 3.74. The topological polar surface area (TPSA) is 133 Å². The van der Waals surface area contributed by atoms with Crippen molar-refractivity contribution in [1.82, 2.24) is 5.16 Å². The number of amides is 2. The van der Waals surface area contributed by atoms with Crippen LogP contribution in [0.2, 0.25) is 0 Å². The highest BCUT2D eigenvalue weighted by atomic mass is 16.6. The van der Waals surface area contributed by atoms with Crippen molar-refractivity contribution in [2.45, 2.75) is 32.3 Å². The molecule has 0 spiro atoms. The van der Waals surface area contributed by atoms with E-state index >= 15 is 0 Å². The van der Waals surface area contributed by atoms with Crippen LogP contribution in [0.15, 0.2) is 28.8 Å². The summed E-state index contributed by atoms with van der Waals surface area (Å²) in [4.78, 5) is 50.5. The Balaban J connectivity index is 1.61. The van der Waals surface area contributed by atoms with Crippen molar-refractivity contribution in [2.24, 2.45) is 11.7 Å². The highest BCUT2D eigenvalue weighted by Gasteiger charge is 2.37. The van der Waals surface area contributed by atoms with Crippen LogP contribution in [-0.4, -0.2) is 41.4 Å². The number of carbonyl (C=O) groups excluding carboxylic acids is 4. The molecular formula is C20H19N3O6. The number of rotatable bonds is 4. The average molecular weight is 397 g/mol. The van der Waals surface area contributed by atoms with Gasteiger partial charge in [0.05, 0.1) is 12.5 Å². The molecule has 2 aliphatic rings. The van der Waals surface area contributed by atoms with Crippen LogP contribution in [0.4, 0.5) is 10.5 Å². The molecule has 4 rings (SSSR count). The van der Waals surface area contributed by atoms with Gasteiger partial charge in [0, 0.05) is 17.3 Å². The van der Waals surface area contributed by atoms with E-state index in [0.29, 0.717) is 36.3 Å². The van der Waals surface area contributed by atoms with Crippen molar-refractivity contribution in [2.75, 3.05) is 11.4 Å². The van der Waals surface area contributed by atoms with Crippen LogP contribution >= 0.6 is 0 Å². The molecule has 1 aliphatic heterocycles. The molecule has 2 N–H and O–H groups in total. The highest BCUT2D eigenvalue weighted by molar-refractivity contribution is 6.16. The summed E-state index contributed by atoms with van der Waals surface area (Å²) in [5.41, 5.74) is 7.07. The lowest BCUT2D eigenvalue weighted by Crippen LogP contribution is -2.32. The maximum absolute atomic E-state index is 13.1. The normalized spacial score (nSPS) is 21.5. The Hall–Kier alpha value is -3.49. The van der Waals surface area contributed by atoms with Gasteiger partial charge in [0.2, 0.25) is 0 Å². The largest absolute Gasteiger partial charge is 0.434 e. The van der Waals surface area contributed by atoms with Crippen molar-refractivity contribution in [1.29, 1.82) is 0 Å². The third kappa shape index (κ3) is 3.39. The number of fused-ring (bicyclic) bond motifs is 1. The number of ketones is 2. The molecule has 1 aromatic heterocycles. The van der Waals surface area contributed by atoms with Gasteiger partial charge in [-0.05, 0) is 49.9 Å². The number of hydrogen-bond donors (Lipinski definition) is 1. The molecule has 1 aromatic carbocycles. The van der Waals surface area contributed by atoms with Crippen LogP contribution in [-0.2, 0) is 16.0 Å². The van der Waals surface area contributed by atoms with Crippen molar-refractivity contribution in [3.63, 3.8) is 0 Å². The van der Waals surface area contributed by atoms with Gasteiger partial charge in [-0.25, -0.2) is 4.79 Å². The van der Waals surface area contributed by atoms with Crippen LogP contribution in [0.1, 0.15) is 45.0 Å². The molecule has 150 valence electrons. The molecule has 1 fully saturated rings. The summed E-state index contributed by atoms with van der Waals surface area (Å²) in [5, 5.41) is 3.74. The second kappa shape index (κ2) is 7.16. The second-order valence-corrected chi connectivity index (χ2v) is 7.22. The van der Waals surface area contributed by atoms with E-state index < -0.39 is 24.0 Å². The quantitative estimate of drug-likeness (QED) is 0.472. The molecule has 0 bridgehead atoms. The number of Topliss-reactive ketones (excluding diaryl/α,β-unsaturated/α-hetero) is 2. The monoisotopic (exact) mass is 397 g/mol. The van der Waals surface area contributed by atoms with Crippen LogP contribution in [0.25, 0.3) is 0 Å². The summed E-state index contributed by atoms with van der Waals surface area (Å²) < 4.78 is 9.92. The van der Waals surface area contributed by atoms with Crippen LogP contribution < -0.4 is 10.6 Å². The van der Waals surface area contributed by atoms with Crippen molar-refractivity contribution < 1.29 is 28.4 Å². The Labute approximate surface area is 165 Å². The van der Waals surface area contributed by atoms with Gasteiger partial charge in [0.1, 0.15) is 5.76 Å². The Morgan fingerprint density at radius 2 is 2.03 bits per heavy atom. The predicted octanol–water partition coefficient (Wildman–Crippen LogP) is 1.81. The maximum Gasteiger partial charge on any atom is 0.415 e. The summed E-state index contributed by atoms with van der Waals surface area (Å²) in [6, 6.07) is 6.47. The van der Waals surface area contributed by atoms with E-state index in [9.17, 15) is 19.2 Å². The van der Waals surface area contributed by atoms with Crippen LogP contribution in [0, 0.1) is 12.8 Å². The number of ether oxygens (including phenoxy) is 1. The van der Waals surface area contributed by atoms with Crippen molar-refractivity contribution in [3.8, 4) is 0 Å². The fourth-order valence-corrected chi connectivity index (χ4v) is 3.74. The first-order valence-corrected chi connectivity index (χ1v) is 9.27. The van der Waals surface area contributed by atoms with E-state index in [1.165, 1.54) is 11.0 Å². The molecule has 1 aliphatic carbocycles. The number of nitrogens with two attached hydrogens (primary N) is 1. The van der Waals surface area contributed by atoms with Gasteiger partial charge >= 0.3 is 6.09 Å². The maximum atomic E-state index is 13.1. The van der Waals surface area contributed by atoms with Crippen molar-refractivity contribution in [3.05, 3.63) is 46.8 Å². The van der Waals surface area contributed by atoms with E-state index in [4.69, 9.17) is 15.0 Å². The van der Waals surface area contributed by atoms with E-state index in [-0.39, 0.29) is 23.8 Å². The first-order valence-electron chi connectivity index (χ1n) is 9.27. The Morgan fingerprint density at radius 3 is 2.69 bits per heavy atom. The minimum atomic E-state index is -1.00. The number of aryl methyl sites for hydroxylation is 2. The molecule has 9 heteroatoms. The zero-order valence-corrected chi connectivity index (χ0v) is 15.7. The SMILES string of the molecule is Cc1cc(C(=O)[C@@H]2CCCc3cc(N4C[C@@H](C(N)=O)OC4=O)ccc3C2=O)no1. The molecule has 2 amide bonds. The highest BCUT2D eigenvalue weighted by Crippen LogP contribution is 2.31. The molecule has 29 heavy (non-hydrogen) atoms. The number of benzene rings is 1. The minimum Gasteiger partial charge on any atom is -0.434 e. The number of primary amides is 1. The van der Waals surface area contributed by atoms with Gasteiger partial charge in [-0.1, -0.05) is 5.16 Å². The van der Waals surface area contributed by atoms with Crippen LogP contribution in [0.5, 0.6) is 0 Å². The Bertz CT molecular complexity index is 1030. The Morgan fingerprint density at radius 1 is 1.24 bits per heavy atom. The number of nitrogens with zero attached hydrogens (tertiary/aromatic N) is 2. The van der Waals surface area contributed by atoms with E-state index in [0.717, 1.165) is 5.56 Å². The number of cyclic esters (lactones) is 1. The smallest absolute Gasteiger partial charge is 0.415 e. The standard InChI is InChI=1S/C20H19N3O6/c1-10-7-15(22-29-10)18(25)14-4-2-3-11-8-12(5-6-13(11)17(14)24)23-9-16(19(21)26)28-20(23)27/h5-8,14,16H,2-4,9H2,1H3,(H2,21,26)/t14-,16+/m1/s1. The third-order valence-electron chi connectivity index (χ3n) is 5.25. The predicted molar refractivity (Wildman–Crippen MR) is 99.6 cm³/mol. The fraction of sp³-hybridized carbons (Fsp3) is 0.350.